The van der Waals surface area contributed by atoms with Crippen LogP contribution in [0, 0.1) is 0 Å². The summed E-state index contributed by atoms with van der Waals surface area (Å²) in [6.07, 6.45) is -0.758. The van der Waals surface area contributed by atoms with Crippen LogP contribution < -0.4 is 10.1 Å². The summed E-state index contributed by atoms with van der Waals surface area (Å²) < 4.78 is 5.40. The van der Waals surface area contributed by atoms with Crippen LogP contribution in [0.1, 0.15) is 20.8 Å². The van der Waals surface area contributed by atoms with E-state index in [4.69, 9.17) is 9.84 Å². The van der Waals surface area contributed by atoms with Crippen molar-refractivity contribution in [2.45, 2.75) is 32.4 Å². The number of aliphatic carboxylic acids is 1. The molecule has 1 atom stereocenters. The van der Waals surface area contributed by atoms with E-state index in [0.717, 1.165) is 0 Å². The van der Waals surface area contributed by atoms with Crippen molar-refractivity contribution in [3.8, 4) is 5.75 Å². The molecule has 0 radical (unpaired) electrons. The molecule has 0 bridgehead atoms. The van der Waals surface area contributed by atoms with Crippen molar-refractivity contribution in [3.05, 3.63) is 30.3 Å². The number of carbonyl (C=O) groups excluding carboxylic acids is 1. The number of rotatable bonds is 5. The Morgan fingerprint density at radius 1 is 1.28 bits per heavy atom. The molecule has 2 N–H and O–H groups in total. The monoisotopic (exact) mass is 251 g/mol. The second-order valence-corrected chi connectivity index (χ2v) is 4.49. The Kier molecular flexibility index (Phi) is 4.31. The van der Waals surface area contributed by atoms with Gasteiger partial charge in [0.1, 0.15) is 11.3 Å². The van der Waals surface area contributed by atoms with Gasteiger partial charge in [0.25, 0.3) is 5.91 Å². The average Bonchev–Trinajstić information content (AvgIpc) is 2.29. The van der Waals surface area contributed by atoms with E-state index in [2.05, 4.69) is 5.32 Å². The molecule has 0 heterocycles. The largest absolute Gasteiger partial charge is 0.481 e. The van der Waals surface area contributed by atoms with Crippen LogP contribution in [0.2, 0.25) is 0 Å². The van der Waals surface area contributed by atoms with Gasteiger partial charge in [-0.05, 0) is 32.9 Å². The summed E-state index contributed by atoms with van der Waals surface area (Å²) >= 11 is 0. The van der Waals surface area contributed by atoms with E-state index in [1.807, 2.05) is 6.07 Å². The smallest absolute Gasteiger partial charge is 0.328 e. The predicted molar refractivity (Wildman–Crippen MR) is 66.4 cm³/mol. The molecule has 1 unspecified atom stereocenters. The van der Waals surface area contributed by atoms with Crippen LogP contribution in [0.5, 0.6) is 5.75 Å². The number of amides is 1. The van der Waals surface area contributed by atoms with Crippen molar-refractivity contribution in [1.82, 2.24) is 5.32 Å². The van der Waals surface area contributed by atoms with Gasteiger partial charge in [-0.3, -0.25) is 4.79 Å². The van der Waals surface area contributed by atoms with Gasteiger partial charge >= 0.3 is 5.97 Å². The first-order valence-electron chi connectivity index (χ1n) is 5.60. The third-order valence-corrected chi connectivity index (χ3v) is 2.40. The molecule has 0 aliphatic heterocycles. The van der Waals surface area contributed by atoms with E-state index < -0.39 is 23.5 Å². The molecule has 0 aliphatic rings. The van der Waals surface area contributed by atoms with E-state index in [1.54, 1.807) is 31.2 Å². The molecule has 0 fully saturated rings. The molecule has 98 valence electrons. The SMILES string of the molecule is CC(Oc1ccccc1)C(=O)NC(C)(C)C(=O)O. The third-order valence-electron chi connectivity index (χ3n) is 2.40. The summed E-state index contributed by atoms with van der Waals surface area (Å²) in [5.74, 6) is -0.998. The molecule has 5 heteroatoms. The first-order chi connectivity index (χ1) is 8.33. The molecule has 0 saturated carbocycles. The zero-order chi connectivity index (χ0) is 13.8. The van der Waals surface area contributed by atoms with Gasteiger partial charge in [-0.1, -0.05) is 18.2 Å². The molecule has 5 nitrogen and oxygen atoms in total. The summed E-state index contributed by atoms with van der Waals surface area (Å²) in [7, 11) is 0. The number of carboxylic acids is 1. The fourth-order valence-corrected chi connectivity index (χ4v) is 1.22. The van der Waals surface area contributed by atoms with E-state index in [9.17, 15) is 9.59 Å². The molecule has 0 spiro atoms. The first kappa shape index (κ1) is 14.0. The van der Waals surface area contributed by atoms with Gasteiger partial charge in [-0.2, -0.15) is 0 Å². The van der Waals surface area contributed by atoms with Crippen LogP contribution in [-0.4, -0.2) is 28.6 Å². The van der Waals surface area contributed by atoms with Gasteiger partial charge in [0.15, 0.2) is 6.10 Å². The lowest BCUT2D eigenvalue weighted by Gasteiger charge is -2.23. The van der Waals surface area contributed by atoms with Crippen LogP contribution in [0.3, 0.4) is 0 Å². The number of carbonyl (C=O) groups is 2. The second kappa shape index (κ2) is 5.53. The summed E-state index contributed by atoms with van der Waals surface area (Å²) in [5, 5.41) is 11.3. The molecule has 1 aromatic carbocycles. The number of nitrogens with one attached hydrogen (secondary N) is 1. The molecule has 18 heavy (non-hydrogen) atoms. The maximum absolute atomic E-state index is 11.8. The van der Waals surface area contributed by atoms with E-state index >= 15 is 0 Å². The molecular weight excluding hydrogens is 234 g/mol. The van der Waals surface area contributed by atoms with Crippen LogP contribution in [0.4, 0.5) is 0 Å². The van der Waals surface area contributed by atoms with E-state index in [-0.39, 0.29) is 0 Å². The molecule has 1 aromatic rings. The third kappa shape index (κ3) is 3.76. The lowest BCUT2D eigenvalue weighted by atomic mass is 10.1. The molecule has 0 saturated heterocycles. The highest BCUT2D eigenvalue weighted by atomic mass is 16.5. The molecule has 0 aromatic heterocycles. The van der Waals surface area contributed by atoms with Gasteiger partial charge in [0.2, 0.25) is 0 Å². The lowest BCUT2D eigenvalue weighted by molar-refractivity contribution is -0.147. The van der Waals surface area contributed by atoms with Crippen LogP contribution in [0.15, 0.2) is 30.3 Å². The number of para-hydroxylation sites is 1. The van der Waals surface area contributed by atoms with Crippen molar-refractivity contribution in [2.24, 2.45) is 0 Å². The molecular formula is C13H17NO4. The average molecular weight is 251 g/mol. The lowest BCUT2D eigenvalue weighted by Crippen LogP contribution is -2.53. The Labute approximate surface area is 106 Å². The highest BCUT2D eigenvalue weighted by Crippen LogP contribution is 2.11. The zero-order valence-electron chi connectivity index (χ0n) is 10.6. The van der Waals surface area contributed by atoms with E-state index in [1.165, 1.54) is 13.8 Å². The normalized spacial score (nSPS) is 12.6. The minimum absolute atomic E-state index is 0.466. The minimum atomic E-state index is -1.31. The Bertz CT molecular complexity index is 428. The second-order valence-electron chi connectivity index (χ2n) is 4.49. The van der Waals surface area contributed by atoms with Crippen molar-refractivity contribution in [3.63, 3.8) is 0 Å². The van der Waals surface area contributed by atoms with Crippen molar-refractivity contribution >= 4 is 11.9 Å². The maximum atomic E-state index is 11.8. The number of hydrogen-bond acceptors (Lipinski definition) is 3. The number of carboxylic acid groups (broad SMARTS) is 1. The van der Waals surface area contributed by atoms with Gasteiger partial charge in [0, 0.05) is 0 Å². The Morgan fingerprint density at radius 2 is 1.83 bits per heavy atom. The summed E-state index contributed by atoms with van der Waals surface area (Å²) in [5.41, 5.74) is -1.31. The number of ether oxygens (including phenoxy) is 1. The number of benzene rings is 1. The molecule has 0 aliphatic carbocycles. The summed E-state index contributed by atoms with van der Waals surface area (Å²) in [6, 6.07) is 8.88. The Morgan fingerprint density at radius 3 is 2.33 bits per heavy atom. The van der Waals surface area contributed by atoms with E-state index in [0.29, 0.717) is 5.75 Å². The zero-order valence-corrected chi connectivity index (χ0v) is 10.6. The van der Waals surface area contributed by atoms with Crippen LogP contribution >= 0.6 is 0 Å². The predicted octanol–water partition coefficient (Wildman–Crippen LogP) is 1.43. The first-order valence-corrected chi connectivity index (χ1v) is 5.60. The van der Waals surface area contributed by atoms with Crippen molar-refractivity contribution in [2.75, 3.05) is 0 Å². The standard InChI is InChI=1S/C13H17NO4/c1-9(18-10-7-5-4-6-8-10)11(15)14-13(2,3)12(16)17/h4-9H,1-3H3,(H,14,15)(H,16,17). The van der Waals surface area contributed by atoms with Crippen molar-refractivity contribution < 1.29 is 19.4 Å². The van der Waals surface area contributed by atoms with Gasteiger partial charge in [-0.15, -0.1) is 0 Å². The van der Waals surface area contributed by atoms with Gasteiger partial charge < -0.3 is 15.2 Å². The summed E-state index contributed by atoms with van der Waals surface area (Å²) in [6.45, 7) is 4.41. The van der Waals surface area contributed by atoms with Gasteiger partial charge in [0.05, 0.1) is 0 Å². The molecule has 1 rings (SSSR count). The fourth-order valence-electron chi connectivity index (χ4n) is 1.22. The Balaban J connectivity index is 2.60. The molecule has 1 amide bonds. The topological polar surface area (TPSA) is 75.6 Å². The highest BCUT2D eigenvalue weighted by Gasteiger charge is 2.31. The van der Waals surface area contributed by atoms with Crippen molar-refractivity contribution in [1.29, 1.82) is 0 Å². The minimum Gasteiger partial charge on any atom is -0.481 e. The maximum Gasteiger partial charge on any atom is 0.328 e. The highest BCUT2D eigenvalue weighted by molar-refractivity contribution is 5.88. The fraction of sp³-hybridized carbons (Fsp3) is 0.385. The number of hydrogen-bond donors (Lipinski definition) is 2. The van der Waals surface area contributed by atoms with Crippen LogP contribution in [-0.2, 0) is 9.59 Å². The Hall–Kier alpha value is -2.04. The van der Waals surface area contributed by atoms with Gasteiger partial charge in [-0.25, -0.2) is 4.79 Å². The summed E-state index contributed by atoms with van der Waals surface area (Å²) in [4.78, 5) is 22.6. The van der Waals surface area contributed by atoms with Crippen LogP contribution in [0.25, 0.3) is 0 Å². The quantitative estimate of drug-likeness (QED) is 0.830.